The van der Waals surface area contributed by atoms with Crippen LogP contribution < -0.4 is 5.32 Å². The number of allylic oxidation sites excluding steroid dienone is 1. The summed E-state index contributed by atoms with van der Waals surface area (Å²) in [5.41, 5.74) is 3.46. The van der Waals surface area contributed by atoms with Gasteiger partial charge in [-0.3, -0.25) is 10.2 Å². The van der Waals surface area contributed by atoms with Crippen molar-refractivity contribution in [2.24, 2.45) is 5.16 Å². The molecule has 128 valence electrons. The highest BCUT2D eigenvalue weighted by Gasteiger charge is 2.16. The molecule has 25 heavy (non-hydrogen) atoms. The van der Waals surface area contributed by atoms with Crippen LogP contribution in [0.2, 0.25) is 10.0 Å². The van der Waals surface area contributed by atoms with Crippen LogP contribution in [0.15, 0.2) is 53.2 Å². The van der Waals surface area contributed by atoms with E-state index in [4.69, 9.17) is 39.6 Å². The van der Waals surface area contributed by atoms with Gasteiger partial charge in [0.25, 0.3) is 0 Å². The van der Waals surface area contributed by atoms with E-state index in [2.05, 4.69) is 10.5 Å². The number of hydrogen-bond acceptors (Lipinski definition) is 3. The van der Waals surface area contributed by atoms with E-state index in [1.807, 2.05) is 24.3 Å². The lowest BCUT2D eigenvalue weighted by Gasteiger charge is -2.16. The topological polar surface area (TPSA) is 50.7 Å². The van der Waals surface area contributed by atoms with E-state index in [-0.39, 0.29) is 0 Å². The Morgan fingerprint density at radius 2 is 1.88 bits per heavy atom. The minimum atomic E-state index is -0.734. The largest absolute Gasteiger partial charge is 0.437 e. The third-order valence-corrected chi connectivity index (χ3v) is 4.89. The summed E-state index contributed by atoms with van der Waals surface area (Å²) in [6.45, 7) is 0. The normalized spacial score (nSPS) is 13.7. The van der Waals surface area contributed by atoms with Crippen LogP contribution in [0.1, 0.15) is 17.5 Å². The molecule has 4 nitrogen and oxygen atoms in total. The molecule has 0 aliphatic heterocycles. The maximum Gasteiger partial charge on any atom is 0.437 e. The van der Waals surface area contributed by atoms with Crippen molar-refractivity contribution in [1.82, 2.24) is 0 Å². The van der Waals surface area contributed by atoms with Gasteiger partial charge in [0.15, 0.2) is 0 Å². The number of carbonyl (C=O) groups is 1. The van der Waals surface area contributed by atoms with Gasteiger partial charge in [-0.15, -0.1) is 0 Å². The molecule has 0 spiro atoms. The Hall–Kier alpha value is -2.01. The van der Waals surface area contributed by atoms with E-state index in [9.17, 15) is 4.79 Å². The molecule has 1 aliphatic rings. The Labute approximate surface area is 160 Å². The van der Waals surface area contributed by atoms with Gasteiger partial charge in [0.05, 0.1) is 21.3 Å². The quantitative estimate of drug-likeness (QED) is 0.386. The predicted octanol–water partition coefficient (Wildman–Crippen LogP) is 6.12. The second kappa shape index (κ2) is 7.91. The molecule has 0 saturated heterocycles. The summed E-state index contributed by atoms with van der Waals surface area (Å²) >= 11 is 18.1. The van der Waals surface area contributed by atoms with Crippen LogP contribution in [0, 0.1) is 0 Å². The second-order valence-electron chi connectivity index (χ2n) is 5.36. The van der Waals surface area contributed by atoms with Crippen molar-refractivity contribution in [3.8, 4) is 0 Å². The Morgan fingerprint density at radius 3 is 2.68 bits per heavy atom. The molecule has 0 atom stereocenters. The number of halogens is 3. The van der Waals surface area contributed by atoms with Gasteiger partial charge < -0.3 is 0 Å². The molecule has 1 N–H and O–H groups in total. The molecule has 1 amide bonds. The molecule has 0 fully saturated rings. The number of nitrogens with zero attached hydrogens (tertiary/aromatic N) is 1. The number of anilines is 1. The Balaban J connectivity index is 1.63. The van der Waals surface area contributed by atoms with E-state index < -0.39 is 6.09 Å². The molecular weight excluding hydrogens is 383 g/mol. The molecule has 0 heterocycles. The number of rotatable bonds is 3. The second-order valence-corrected chi connectivity index (χ2v) is 6.56. The molecule has 1 aliphatic carbocycles. The molecule has 2 aromatic carbocycles. The lowest BCUT2D eigenvalue weighted by Crippen LogP contribution is -2.11. The van der Waals surface area contributed by atoms with Crippen molar-refractivity contribution in [3.63, 3.8) is 0 Å². The van der Waals surface area contributed by atoms with Crippen molar-refractivity contribution >= 4 is 57.8 Å². The fourth-order valence-corrected chi connectivity index (χ4v) is 3.10. The van der Waals surface area contributed by atoms with Gasteiger partial charge in [0.1, 0.15) is 0 Å². The van der Waals surface area contributed by atoms with Crippen molar-refractivity contribution < 1.29 is 9.63 Å². The summed E-state index contributed by atoms with van der Waals surface area (Å²) in [6, 6.07) is 12.6. The smallest absolute Gasteiger partial charge is 0.298 e. The number of fused-ring (bicyclic) bond motifs is 1. The van der Waals surface area contributed by atoms with Crippen LogP contribution in [0.5, 0.6) is 0 Å². The van der Waals surface area contributed by atoms with Crippen molar-refractivity contribution in [2.45, 2.75) is 12.8 Å². The third kappa shape index (κ3) is 4.34. The van der Waals surface area contributed by atoms with Gasteiger partial charge in [-0.1, -0.05) is 64.2 Å². The molecule has 0 unspecified atom stereocenters. The highest BCUT2D eigenvalue weighted by molar-refractivity contribution is 6.51. The van der Waals surface area contributed by atoms with Crippen molar-refractivity contribution in [2.75, 3.05) is 5.32 Å². The van der Waals surface area contributed by atoms with E-state index in [1.165, 1.54) is 17.8 Å². The first-order chi connectivity index (χ1) is 12.0. The average molecular weight is 396 g/mol. The van der Waals surface area contributed by atoms with E-state index in [1.54, 1.807) is 12.1 Å². The standard InChI is InChI=1S/C18H13Cl3N2O2/c19-15-8-7-13(9-16(15)20)23-18(24)25-22-10-12-6-5-11-3-1-2-4-14(11)17(12)21/h1-4,7-10H,5-6H2,(H,23,24). The monoisotopic (exact) mass is 394 g/mol. The summed E-state index contributed by atoms with van der Waals surface area (Å²) in [4.78, 5) is 16.6. The number of hydrogen-bond donors (Lipinski definition) is 1. The molecule has 2 aromatic rings. The van der Waals surface area contributed by atoms with E-state index >= 15 is 0 Å². The van der Waals surface area contributed by atoms with Crippen LogP contribution >= 0.6 is 34.8 Å². The minimum Gasteiger partial charge on any atom is -0.298 e. The Kier molecular flexibility index (Phi) is 5.63. The van der Waals surface area contributed by atoms with Crippen LogP contribution in [-0.2, 0) is 11.3 Å². The van der Waals surface area contributed by atoms with Crippen molar-refractivity contribution in [1.29, 1.82) is 0 Å². The summed E-state index contributed by atoms with van der Waals surface area (Å²) in [7, 11) is 0. The summed E-state index contributed by atoms with van der Waals surface area (Å²) < 4.78 is 0. The SMILES string of the molecule is O=C(Nc1ccc(Cl)c(Cl)c1)ON=CC1=C(Cl)c2ccccc2CC1. The zero-order valence-corrected chi connectivity index (χ0v) is 15.2. The van der Waals surface area contributed by atoms with E-state index in [0.29, 0.717) is 20.8 Å². The lowest BCUT2D eigenvalue weighted by molar-refractivity contribution is 0.167. The molecule has 0 saturated carbocycles. The fraction of sp³-hybridized carbons (Fsp3) is 0.111. The summed E-state index contributed by atoms with van der Waals surface area (Å²) in [5.74, 6) is 0. The Bertz CT molecular complexity index is 878. The highest BCUT2D eigenvalue weighted by Crippen LogP contribution is 2.33. The maximum absolute atomic E-state index is 11.8. The number of carbonyl (C=O) groups excluding carboxylic acids is 1. The van der Waals surface area contributed by atoms with E-state index in [0.717, 1.165) is 24.0 Å². The first-order valence-corrected chi connectivity index (χ1v) is 8.61. The number of nitrogens with one attached hydrogen (secondary N) is 1. The molecule has 0 bridgehead atoms. The van der Waals surface area contributed by atoms with Crippen molar-refractivity contribution in [3.05, 3.63) is 69.2 Å². The Morgan fingerprint density at radius 1 is 1.08 bits per heavy atom. The fourth-order valence-electron chi connectivity index (χ4n) is 2.48. The van der Waals surface area contributed by atoms with Gasteiger partial charge in [0, 0.05) is 5.69 Å². The van der Waals surface area contributed by atoms with Crippen LogP contribution in [-0.4, -0.2) is 12.3 Å². The molecule has 3 rings (SSSR count). The van der Waals surface area contributed by atoms with Crippen LogP contribution in [0.25, 0.3) is 5.03 Å². The molecular formula is C18H13Cl3N2O2. The first-order valence-electron chi connectivity index (χ1n) is 7.48. The van der Waals surface area contributed by atoms with Gasteiger partial charge in [-0.25, -0.2) is 4.79 Å². The van der Waals surface area contributed by atoms with Gasteiger partial charge in [0.2, 0.25) is 0 Å². The number of oxime groups is 1. The molecule has 0 radical (unpaired) electrons. The first kappa shape index (κ1) is 17.8. The zero-order valence-electron chi connectivity index (χ0n) is 12.9. The average Bonchev–Trinajstić information content (AvgIpc) is 2.60. The molecule has 7 heteroatoms. The van der Waals surface area contributed by atoms with Crippen LogP contribution in [0.4, 0.5) is 10.5 Å². The van der Waals surface area contributed by atoms with Gasteiger partial charge in [-0.05, 0) is 47.7 Å². The highest BCUT2D eigenvalue weighted by atomic mass is 35.5. The third-order valence-electron chi connectivity index (χ3n) is 3.71. The summed E-state index contributed by atoms with van der Waals surface area (Å²) in [6.07, 6.45) is 2.33. The molecule has 0 aromatic heterocycles. The minimum absolute atomic E-state index is 0.334. The zero-order chi connectivity index (χ0) is 17.8. The maximum atomic E-state index is 11.8. The van der Waals surface area contributed by atoms with Gasteiger partial charge >= 0.3 is 6.09 Å². The van der Waals surface area contributed by atoms with Crippen LogP contribution in [0.3, 0.4) is 0 Å². The lowest BCUT2D eigenvalue weighted by atomic mass is 9.92. The number of benzene rings is 2. The van der Waals surface area contributed by atoms with Gasteiger partial charge in [-0.2, -0.15) is 0 Å². The summed E-state index contributed by atoms with van der Waals surface area (Å²) in [5, 5.41) is 7.58. The predicted molar refractivity (Wildman–Crippen MR) is 103 cm³/mol. The number of amides is 1. The number of aryl methyl sites for hydroxylation is 1.